The molecule has 0 fully saturated rings. The van der Waals surface area contributed by atoms with Crippen molar-refractivity contribution in [2.45, 2.75) is 32.6 Å². The Morgan fingerprint density at radius 1 is 1.03 bits per heavy atom. The summed E-state index contributed by atoms with van der Waals surface area (Å²) in [5.74, 6) is 1.81. The summed E-state index contributed by atoms with van der Waals surface area (Å²) in [6, 6.07) is 23.1. The fraction of sp³-hybridized carbons (Fsp3) is 0.231. The van der Waals surface area contributed by atoms with Gasteiger partial charge in [0.1, 0.15) is 11.9 Å². The number of nitrogens with zero attached hydrogens (tertiary/aromatic N) is 2. The number of hydrogen-bond donors (Lipinski definition) is 0. The van der Waals surface area contributed by atoms with E-state index in [9.17, 15) is 4.79 Å². The van der Waals surface area contributed by atoms with Gasteiger partial charge in [-0.25, -0.2) is 4.98 Å². The van der Waals surface area contributed by atoms with Gasteiger partial charge in [0.2, 0.25) is 6.10 Å². The number of benzene rings is 3. The van der Waals surface area contributed by atoms with Crippen LogP contribution in [0.5, 0.6) is 17.2 Å². The van der Waals surface area contributed by atoms with E-state index in [-0.39, 0.29) is 5.91 Å². The third-order valence-corrected chi connectivity index (χ3v) is 6.47. The fourth-order valence-electron chi connectivity index (χ4n) is 3.81. The molecule has 1 aromatic heterocycles. The van der Waals surface area contributed by atoms with Gasteiger partial charge in [-0.15, -0.1) is 0 Å². The molecule has 2 unspecified atom stereocenters. The highest BCUT2D eigenvalue weighted by molar-refractivity contribution is 7.22. The lowest BCUT2D eigenvalue weighted by molar-refractivity contribution is -0.130. The zero-order chi connectivity index (χ0) is 22.8. The minimum absolute atomic E-state index is 0.190. The third kappa shape index (κ3) is 4.36. The number of aromatic nitrogens is 1. The van der Waals surface area contributed by atoms with E-state index < -0.39 is 12.2 Å². The van der Waals surface area contributed by atoms with E-state index >= 15 is 0 Å². The number of hydrogen-bond acceptors (Lipinski definition) is 6. The van der Waals surface area contributed by atoms with Crippen LogP contribution in [0.25, 0.3) is 10.2 Å². The smallest absolute Gasteiger partial charge is 0.274 e. The number of carbonyl (C=O) groups is 1. The summed E-state index contributed by atoms with van der Waals surface area (Å²) < 4.78 is 18.7. The second-order valence-corrected chi connectivity index (χ2v) is 8.79. The first-order valence-electron chi connectivity index (χ1n) is 10.9. The molecule has 0 saturated heterocycles. The van der Waals surface area contributed by atoms with Crippen molar-refractivity contribution in [1.29, 1.82) is 0 Å². The Morgan fingerprint density at radius 2 is 1.76 bits per heavy atom. The van der Waals surface area contributed by atoms with Gasteiger partial charge in [0.25, 0.3) is 5.91 Å². The van der Waals surface area contributed by atoms with Crippen molar-refractivity contribution in [3.05, 3.63) is 78.4 Å². The first kappa shape index (κ1) is 21.3. The Balaban J connectivity index is 1.51. The van der Waals surface area contributed by atoms with Gasteiger partial charge >= 0.3 is 0 Å². The van der Waals surface area contributed by atoms with Gasteiger partial charge < -0.3 is 14.2 Å². The van der Waals surface area contributed by atoms with E-state index in [1.165, 1.54) is 11.3 Å². The normalized spacial score (nSPS) is 17.0. The molecule has 1 aliphatic heterocycles. The largest absolute Gasteiger partial charge is 0.494 e. The van der Waals surface area contributed by atoms with E-state index in [0.29, 0.717) is 29.8 Å². The summed E-state index contributed by atoms with van der Waals surface area (Å²) >= 11 is 1.46. The number of carbonyl (C=O) groups excluding carboxylic acids is 1. The lowest BCUT2D eigenvalue weighted by Crippen LogP contribution is -2.50. The van der Waals surface area contributed by atoms with Crippen LogP contribution in [-0.2, 0) is 11.3 Å². The van der Waals surface area contributed by atoms with Crippen LogP contribution in [-0.4, -0.2) is 29.7 Å². The second-order valence-electron chi connectivity index (χ2n) is 7.78. The van der Waals surface area contributed by atoms with Gasteiger partial charge in [-0.2, -0.15) is 0 Å². The molecule has 4 aromatic rings. The maximum absolute atomic E-state index is 13.8. The van der Waals surface area contributed by atoms with Crippen molar-refractivity contribution in [3.63, 3.8) is 0 Å². The van der Waals surface area contributed by atoms with Crippen molar-refractivity contribution in [1.82, 2.24) is 4.98 Å². The predicted octanol–water partition coefficient (Wildman–Crippen LogP) is 5.46. The SMILES string of the molecule is CCOc1ccc2nc(N(Cc3ccccc3)C(=O)C3Oc4ccccc4OC3C)sc2c1. The molecule has 0 N–H and O–H groups in total. The average molecular weight is 461 g/mol. The van der Waals surface area contributed by atoms with Crippen LogP contribution >= 0.6 is 11.3 Å². The fourth-order valence-corrected chi connectivity index (χ4v) is 4.81. The van der Waals surface area contributed by atoms with Crippen molar-refractivity contribution in [2.75, 3.05) is 11.5 Å². The minimum atomic E-state index is -0.783. The number of thiazole rings is 1. The highest BCUT2D eigenvalue weighted by Gasteiger charge is 2.38. The van der Waals surface area contributed by atoms with Crippen molar-refractivity contribution < 1.29 is 19.0 Å². The number of amides is 1. The van der Waals surface area contributed by atoms with Gasteiger partial charge in [0.05, 0.1) is 23.4 Å². The monoisotopic (exact) mass is 460 g/mol. The zero-order valence-electron chi connectivity index (χ0n) is 18.4. The second kappa shape index (κ2) is 9.11. The molecule has 6 nitrogen and oxygen atoms in total. The Hall–Kier alpha value is -3.58. The van der Waals surface area contributed by atoms with E-state index in [1.54, 1.807) is 4.90 Å². The molecule has 0 aliphatic carbocycles. The van der Waals surface area contributed by atoms with Crippen LogP contribution in [0.3, 0.4) is 0 Å². The maximum Gasteiger partial charge on any atom is 0.274 e. The van der Waals surface area contributed by atoms with Crippen LogP contribution in [0.1, 0.15) is 19.4 Å². The Morgan fingerprint density at radius 3 is 2.52 bits per heavy atom. The van der Waals surface area contributed by atoms with Gasteiger partial charge in [0.15, 0.2) is 16.6 Å². The first-order chi connectivity index (χ1) is 16.1. The number of para-hydroxylation sites is 2. The number of rotatable bonds is 6. The minimum Gasteiger partial charge on any atom is -0.494 e. The van der Waals surface area contributed by atoms with E-state index in [1.807, 2.05) is 86.6 Å². The molecule has 0 radical (unpaired) electrons. The summed E-state index contributed by atoms with van der Waals surface area (Å²) in [5.41, 5.74) is 1.83. The molecule has 2 atom stereocenters. The van der Waals surface area contributed by atoms with Gasteiger partial charge in [0, 0.05) is 0 Å². The summed E-state index contributed by atoms with van der Waals surface area (Å²) in [7, 11) is 0. The highest BCUT2D eigenvalue weighted by Crippen LogP contribution is 2.36. The average Bonchev–Trinajstić information content (AvgIpc) is 3.25. The van der Waals surface area contributed by atoms with Gasteiger partial charge in [-0.05, 0) is 49.7 Å². The number of ether oxygens (including phenoxy) is 3. The van der Waals surface area contributed by atoms with Crippen LogP contribution in [0.2, 0.25) is 0 Å². The van der Waals surface area contributed by atoms with Gasteiger partial charge in [-0.3, -0.25) is 9.69 Å². The Labute approximate surface area is 196 Å². The molecular weight excluding hydrogens is 436 g/mol. The molecule has 1 aliphatic rings. The maximum atomic E-state index is 13.8. The zero-order valence-corrected chi connectivity index (χ0v) is 19.2. The van der Waals surface area contributed by atoms with Crippen LogP contribution < -0.4 is 19.1 Å². The highest BCUT2D eigenvalue weighted by atomic mass is 32.1. The van der Waals surface area contributed by atoms with E-state index in [4.69, 9.17) is 19.2 Å². The molecule has 0 saturated carbocycles. The molecule has 2 heterocycles. The number of fused-ring (bicyclic) bond motifs is 2. The number of anilines is 1. The Kier molecular flexibility index (Phi) is 5.88. The molecule has 1 amide bonds. The lowest BCUT2D eigenvalue weighted by Gasteiger charge is -2.33. The van der Waals surface area contributed by atoms with Crippen LogP contribution in [0.4, 0.5) is 5.13 Å². The Bertz CT molecular complexity index is 1270. The topological polar surface area (TPSA) is 60.9 Å². The lowest BCUT2D eigenvalue weighted by atomic mass is 10.1. The third-order valence-electron chi connectivity index (χ3n) is 5.43. The summed E-state index contributed by atoms with van der Waals surface area (Å²) in [5, 5.41) is 0.613. The summed E-state index contributed by atoms with van der Waals surface area (Å²) in [6.07, 6.45) is -1.22. The molecule has 168 valence electrons. The summed E-state index contributed by atoms with van der Waals surface area (Å²) in [4.78, 5) is 20.3. The molecule has 0 spiro atoms. The molecule has 7 heteroatoms. The van der Waals surface area contributed by atoms with Crippen molar-refractivity contribution in [3.8, 4) is 17.2 Å². The predicted molar refractivity (Wildman–Crippen MR) is 129 cm³/mol. The van der Waals surface area contributed by atoms with Gasteiger partial charge in [-0.1, -0.05) is 53.8 Å². The standard InChI is InChI=1S/C26H24N2O4S/c1-3-30-19-13-14-20-23(15-19)33-26(27-20)28(16-18-9-5-4-6-10-18)25(29)24-17(2)31-21-11-7-8-12-22(21)32-24/h4-15,17,24H,3,16H2,1-2H3. The quantitative estimate of drug-likeness (QED) is 0.383. The van der Waals surface area contributed by atoms with E-state index in [0.717, 1.165) is 21.5 Å². The molecular formula is C26H24N2O4S. The molecule has 3 aromatic carbocycles. The molecule has 5 rings (SSSR count). The van der Waals surface area contributed by atoms with Crippen molar-refractivity contribution >= 4 is 32.6 Å². The van der Waals surface area contributed by atoms with Crippen LogP contribution in [0.15, 0.2) is 72.8 Å². The first-order valence-corrected chi connectivity index (χ1v) is 11.7. The van der Waals surface area contributed by atoms with E-state index in [2.05, 4.69) is 0 Å². The molecule has 33 heavy (non-hydrogen) atoms. The van der Waals surface area contributed by atoms with Crippen molar-refractivity contribution in [2.24, 2.45) is 0 Å². The van der Waals surface area contributed by atoms with Crippen LogP contribution in [0, 0.1) is 0 Å². The summed E-state index contributed by atoms with van der Waals surface area (Å²) in [6.45, 7) is 4.78. The molecule has 0 bridgehead atoms.